The zero-order chi connectivity index (χ0) is 25.8. The van der Waals surface area contributed by atoms with Gasteiger partial charge in [-0.2, -0.15) is 18.2 Å². The van der Waals surface area contributed by atoms with Crippen LogP contribution in [0.2, 0.25) is 0 Å². The predicted molar refractivity (Wildman–Crippen MR) is 124 cm³/mol. The summed E-state index contributed by atoms with van der Waals surface area (Å²) in [5, 5.41) is 3.28. The Bertz CT molecular complexity index is 1080. The molecule has 194 valence electrons. The number of carbonyl (C=O) groups is 1. The van der Waals surface area contributed by atoms with Crippen LogP contribution in [0.3, 0.4) is 0 Å². The van der Waals surface area contributed by atoms with Crippen LogP contribution < -0.4 is 10.2 Å². The molecule has 1 fully saturated rings. The zero-order valence-corrected chi connectivity index (χ0v) is 20.9. The van der Waals surface area contributed by atoms with E-state index in [-0.39, 0.29) is 35.5 Å². The molecule has 0 spiro atoms. The molecule has 35 heavy (non-hydrogen) atoms. The molecule has 2 aromatic rings. The van der Waals surface area contributed by atoms with Gasteiger partial charge >= 0.3 is 6.18 Å². The van der Waals surface area contributed by atoms with E-state index in [2.05, 4.69) is 30.9 Å². The maximum atomic E-state index is 13.4. The van der Waals surface area contributed by atoms with Crippen molar-refractivity contribution in [1.82, 2.24) is 9.78 Å². The summed E-state index contributed by atoms with van der Waals surface area (Å²) in [6, 6.07) is 4.58. The maximum Gasteiger partial charge on any atom is 0.416 e. The first-order valence-electron chi connectivity index (χ1n) is 11.7. The first-order valence-corrected chi connectivity index (χ1v) is 11.7. The van der Waals surface area contributed by atoms with Crippen molar-refractivity contribution in [3.8, 4) is 5.75 Å². The number of amides is 1. The number of ether oxygens (including phenoxy) is 3. The fraction of sp³-hybridized carbons (Fsp3) is 0.600. The van der Waals surface area contributed by atoms with E-state index in [1.807, 2.05) is 0 Å². The van der Waals surface area contributed by atoms with Gasteiger partial charge in [0, 0.05) is 25.5 Å². The van der Waals surface area contributed by atoms with E-state index in [1.54, 1.807) is 17.7 Å². The van der Waals surface area contributed by atoms with Gasteiger partial charge in [0.2, 0.25) is 0 Å². The summed E-state index contributed by atoms with van der Waals surface area (Å²) in [5.74, 6) is -0.801. The summed E-state index contributed by atoms with van der Waals surface area (Å²) in [4.78, 5) is 17.4. The van der Waals surface area contributed by atoms with Crippen LogP contribution in [-0.4, -0.2) is 48.2 Å². The Balaban J connectivity index is 2.01. The van der Waals surface area contributed by atoms with Crippen molar-refractivity contribution in [3.05, 3.63) is 46.6 Å². The van der Waals surface area contributed by atoms with Gasteiger partial charge in [-0.15, -0.1) is 0 Å². The van der Waals surface area contributed by atoms with E-state index in [1.165, 1.54) is 7.11 Å². The summed E-state index contributed by atoms with van der Waals surface area (Å²) in [5.41, 5.74) is -0.0217. The van der Waals surface area contributed by atoms with Gasteiger partial charge in [0.05, 0.1) is 29.9 Å². The Morgan fingerprint density at radius 3 is 2.63 bits per heavy atom. The average molecular weight is 498 g/mol. The fourth-order valence-corrected chi connectivity index (χ4v) is 3.82. The van der Waals surface area contributed by atoms with Crippen LogP contribution in [0, 0.1) is 5.41 Å². The number of benzene rings is 1. The Kier molecular flexibility index (Phi) is 8.48. The predicted octanol–water partition coefficient (Wildman–Crippen LogP) is 4.76. The quantitative estimate of drug-likeness (QED) is 0.571. The molecule has 0 unspecified atom stereocenters. The lowest BCUT2D eigenvalue weighted by Gasteiger charge is -2.16. The number of rotatable bonds is 8. The Morgan fingerprint density at radius 2 is 2.03 bits per heavy atom. The standard InChI is InChI=1S/C25H34F3N3O4/c1-16(33-5)15-35-21-9-8-17(25(26,27)28)11-20(21)23(32)29-22-12-18(13-24(2,3)4)30-31(22)14-19-7-6-10-34-19/h8-9,11-12,16,19,30H,6-7,10,13-15H2,1-5H3/t16-,19+/m0/s1. The number of carbonyl (C=O) groups excluding carboxylic acids is 1. The molecular weight excluding hydrogens is 463 g/mol. The summed E-state index contributed by atoms with van der Waals surface area (Å²) in [7, 11) is 1.50. The third-order valence-electron chi connectivity index (χ3n) is 5.62. The lowest BCUT2D eigenvalue weighted by atomic mass is 9.91. The molecule has 0 bridgehead atoms. The minimum Gasteiger partial charge on any atom is -0.490 e. The molecule has 3 rings (SSSR count). The van der Waals surface area contributed by atoms with E-state index in [0.717, 1.165) is 36.7 Å². The Labute approximate surface area is 203 Å². The molecule has 1 aliphatic heterocycles. The Hall–Kier alpha value is -2.59. The third-order valence-corrected chi connectivity index (χ3v) is 5.62. The molecule has 1 saturated heterocycles. The number of alkyl halides is 3. The molecule has 2 heterocycles. The van der Waals surface area contributed by atoms with Crippen molar-refractivity contribution < 1.29 is 32.2 Å². The fourth-order valence-electron chi connectivity index (χ4n) is 3.82. The highest BCUT2D eigenvalue weighted by atomic mass is 19.4. The van der Waals surface area contributed by atoms with E-state index in [9.17, 15) is 18.0 Å². The normalized spacial score (nSPS) is 18.2. The number of nitrogens with one attached hydrogen (secondary N) is 1. The highest BCUT2D eigenvalue weighted by Gasteiger charge is 2.32. The van der Waals surface area contributed by atoms with Crippen molar-refractivity contribution in [2.75, 3.05) is 20.3 Å². The van der Waals surface area contributed by atoms with Gasteiger partial charge in [0.15, 0.2) is 5.49 Å². The molecule has 1 N–H and O–H groups in total. The summed E-state index contributed by atoms with van der Waals surface area (Å²) in [6.45, 7) is 9.24. The van der Waals surface area contributed by atoms with Crippen LogP contribution >= 0.6 is 0 Å². The van der Waals surface area contributed by atoms with Gasteiger partial charge in [-0.1, -0.05) is 20.8 Å². The molecule has 1 aliphatic rings. The van der Waals surface area contributed by atoms with Crippen LogP contribution in [0.25, 0.3) is 0 Å². The van der Waals surface area contributed by atoms with E-state index >= 15 is 0 Å². The van der Waals surface area contributed by atoms with Crippen LogP contribution in [0.4, 0.5) is 13.2 Å². The summed E-state index contributed by atoms with van der Waals surface area (Å²) >= 11 is 0. The van der Waals surface area contributed by atoms with E-state index < -0.39 is 17.6 Å². The number of halogens is 3. The first-order chi connectivity index (χ1) is 16.4. The van der Waals surface area contributed by atoms with Gasteiger partial charge in [0.1, 0.15) is 12.4 Å². The molecule has 1 aromatic carbocycles. The monoisotopic (exact) mass is 497 g/mol. The van der Waals surface area contributed by atoms with Crippen LogP contribution in [0.1, 0.15) is 62.2 Å². The molecular formula is C25H34F3N3O4. The molecule has 1 aromatic heterocycles. The van der Waals surface area contributed by atoms with E-state index in [4.69, 9.17) is 14.2 Å². The van der Waals surface area contributed by atoms with Gasteiger partial charge < -0.3 is 19.3 Å². The molecule has 0 saturated carbocycles. The largest absolute Gasteiger partial charge is 0.490 e. The number of aromatic amines is 1. The topological polar surface area (TPSA) is 77.8 Å². The smallest absolute Gasteiger partial charge is 0.416 e. The summed E-state index contributed by atoms with van der Waals surface area (Å²) < 4.78 is 58.4. The number of methoxy groups -OCH3 is 1. The van der Waals surface area contributed by atoms with Gasteiger partial charge in [-0.3, -0.25) is 9.48 Å². The first kappa shape index (κ1) is 27.0. The molecule has 7 nitrogen and oxygen atoms in total. The Morgan fingerprint density at radius 1 is 1.29 bits per heavy atom. The molecule has 1 amide bonds. The zero-order valence-electron chi connectivity index (χ0n) is 20.9. The van der Waals surface area contributed by atoms with Crippen molar-refractivity contribution in [2.24, 2.45) is 10.4 Å². The second-order valence-corrected chi connectivity index (χ2v) is 10.1. The van der Waals surface area contributed by atoms with Crippen LogP contribution in [0.5, 0.6) is 5.75 Å². The third kappa shape index (κ3) is 7.70. The van der Waals surface area contributed by atoms with Crippen molar-refractivity contribution in [1.29, 1.82) is 0 Å². The second-order valence-electron chi connectivity index (χ2n) is 10.1. The lowest BCUT2D eigenvalue weighted by molar-refractivity contribution is -0.137. The van der Waals surface area contributed by atoms with Crippen molar-refractivity contribution >= 4 is 5.91 Å². The van der Waals surface area contributed by atoms with Gasteiger partial charge in [-0.25, -0.2) is 0 Å². The number of hydrogen-bond acceptors (Lipinski definition) is 4. The molecule has 0 aliphatic carbocycles. The SMILES string of the molecule is CO[C@@H](C)COc1ccc(C(F)(F)F)cc1C(=O)N=c1cc(CC(C)(C)C)[nH]n1C[C@H]1CCCO1. The van der Waals surface area contributed by atoms with Gasteiger partial charge in [0.25, 0.3) is 5.91 Å². The number of hydrogen-bond donors (Lipinski definition) is 1. The van der Waals surface area contributed by atoms with Gasteiger partial charge in [-0.05, 0) is 49.8 Å². The molecule has 2 atom stereocenters. The molecule has 0 radical (unpaired) electrons. The number of H-pyrrole nitrogens is 1. The van der Waals surface area contributed by atoms with Crippen molar-refractivity contribution in [2.45, 2.75) is 71.9 Å². The van der Waals surface area contributed by atoms with E-state index in [0.29, 0.717) is 25.1 Å². The van der Waals surface area contributed by atoms with Crippen LogP contribution in [-0.2, 0) is 28.6 Å². The number of nitrogens with zero attached hydrogens (tertiary/aromatic N) is 2. The van der Waals surface area contributed by atoms with Crippen molar-refractivity contribution in [3.63, 3.8) is 0 Å². The maximum absolute atomic E-state index is 13.4. The minimum absolute atomic E-state index is 0.0199. The minimum atomic E-state index is -4.61. The number of aromatic nitrogens is 2. The molecule has 10 heteroatoms. The average Bonchev–Trinajstić information content (AvgIpc) is 3.40. The highest BCUT2D eigenvalue weighted by molar-refractivity contribution is 5.97. The lowest BCUT2D eigenvalue weighted by Crippen LogP contribution is -2.26. The highest BCUT2D eigenvalue weighted by Crippen LogP contribution is 2.33. The second kappa shape index (κ2) is 11.0. The van der Waals surface area contributed by atoms with Crippen LogP contribution in [0.15, 0.2) is 29.3 Å². The summed E-state index contributed by atoms with van der Waals surface area (Å²) in [6.07, 6.45) is -2.40.